The fourth-order valence-corrected chi connectivity index (χ4v) is 3.02. The van der Waals surface area contributed by atoms with Crippen LogP contribution in [-0.4, -0.2) is 32.5 Å². The van der Waals surface area contributed by atoms with Crippen molar-refractivity contribution in [3.8, 4) is 0 Å². The van der Waals surface area contributed by atoms with Gasteiger partial charge < -0.3 is 15.1 Å². The first-order valence-electron chi connectivity index (χ1n) is 9.15. The van der Waals surface area contributed by atoms with Crippen molar-refractivity contribution in [3.05, 3.63) is 65.7 Å². The van der Waals surface area contributed by atoms with Crippen LogP contribution in [0.2, 0.25) is 0 Å². The van der Waals surface area contributed by atoms with Crippen LogP contribution in [-0.2, 0) is 16.1 Å². The van der Waals surface area contributed by atoms with E-state index in [1.807, 2.05) is 72.4 Å². The van der Waals surface area contributed by atoms with Crippen LogP contribution < -0.4 is 15.1 Å². The van der Waals surface area contributed by atoms with Gasteiger partial charge >= 0.3 is 0 Å². The van der Waals surface area contributed by atoms with Crippen molar-refractivity contribution in [2.45, 2.75) is 19.4 Å². The fraction of sp³-hybridized carbons (Fsp3) is 0.273. The zero-order valence-corrected chi connectivity index (χ0v) is 15.8. The third kappa shape index (κ3) is 4.97. The molecule has 0 bridgehead atoms. The molecule has 3 rings (SSSR count). The Hall–Kier alpha value is -3.08. The van der Waals surface area contributed by atoms with Crippen LogP contribution >= 0.6 is 0 Å². The molecular weight excluding hydrogens is 338 g/mol. The van der Waals surface area contributed by atoms with Crippen LogP contribution in [0.4, 0.5) is 11.4 Å². The van der Waals surface area contributed by atoms with Crippen LogP contribution in [0.15, 0.2) is 54.6 Å². The maximum atomic E-state index is 12.0. The molecule has 5 heteroatoms. The maximum Gasteiger partial charge on any atom is 0.244 e. The van der Waals surface area contributed by atoms with Crippen molar-refractivity contribution in [3.63, 3.8) is 0 Å². The predicted octanol–water partition coefficient (Wildman–Crippen LogP) is 3.21. The average Bonchev–Trinajstić information content (AvgIpc) is 3.11. The van der Waals surface area contributed by atoms with Gasteiger partial charge in [-0.3, -0.25) is 9.59 Å². The highest BCUT2D eigenvalue weighted by Crippen LogP contribution is 2.21. The number of carbonyl (C=O) groups excluding carboxylic acids is 2. The molecule has 0 atom stereocenters. The van der Waals surface area contributed by atoms with Crippen LogP contribution in [0.25, 0.3) is 6.08 Å². The van der Waals surface area contributed by atoms with Gasteiger partial charge in [0, 0.05) is 51.1 Å². The molecule has 0 unspecified atom stereocenters. The Morgan fingerprint density at radius 1 is 1.11 bits per heavy atom. The van der Waals surface area contributed by atoms with Gasteiger partial charge in [0.2, 0.25) is 11.8 Å². The van der Waals surface area contributed by atoms with Crippen molar-refractivity contribution < 1.29 is 9.59 Å². The summed E-state index contributed by atoms with van der Waals surface area (Å²) in [7, 11) is 3.99. The van der Waals surface area contributed by atoms with Gasteiger partial charge in [0.15, 0.2) is 0 Å². The Labute approximate surface area is 160 Å². The van der Waals surface area contributed by atoms with E-state index in [0.717, 1.165) is 35.5 Å². The molecule has 27 heavy (non-hydrogen) atoms. The molecule has 0 spiro atoms. The summed E-state index contributed by atoms with van der Waals surface area (Å²) < 4.78 is 0. The maximum absolute atomic E-state index is 12.0. The van der Waals surface area contributed by atoms with E-state index in [9.17, 15) is 9.59 Å². The lowest BCUT2D eigenvalue weighted by Gasteiger charge is -2.15. The Morgan fingerprint density at radius 3 is 2.41 bits per heavy atom. The Kier molecular flexibility index (Phi) is 5.91. The van der Waals surface area contributed by atoms with E-state index in [-0.39, 0.29) is 11.8 Å². The monoisotopic (exact) mass is 363 g/mol. The minimum Gasteiger partial charge on any atom is -0.378 e. The zero-order valence-electron chi connectivity index (χ0n) is 15.8. The third-order valence-corrected chi connectivity index (χ3v) is 4.62. The first-order chi connectivity index (χ1) is 13.0. The molecule has 1 saturated heterocycles. The van der Waals surface area contributed by atoms with E-state index in [2.05, 4.69) is 5.32 Å². The molecule has 1 heterocycles. The lowest BCUT2D eigenvalue weighted by Crippen LogP contribution is -2.23. The number of benzene rings is 2. The molecule has 1 N–H and O–H groups in total. The molecule has 1 aliphatic rings. The Balaban J connectivity index is 1.51. The molecule has 1 aliphatic heterocycles. The van der Waals surface area contributed by atoms with Crippen LogP contribution in [0.5, 0.6) is 0 Å². The van der Waals surface area contributed by atoms with Gasteiger partial charge in [-0.1, -0.05) is 24.3 Å². The Morgan fingerprint density at radius 2 is 1.81 bits per heavy atom. The van der Waals surface area contributed by atoms with Crippen molar-refractivity contribution in [2.24, 2.45) is 0 Å². The number of nitrogens with zero attached hydrogens (tertiary/aromatic N) is 2. The normalized spacial score (nSPS) is 14.0. The van der Waals surface area contributed by atoms with Gasteiger partial charge in [-0.05, 0) is 47.9 Å². The largest absolute Gasteiger partial charge is 0.378 e. The molecular formula is C22H25N3O2. The molecule has 1 fully saturated rings. The molecule has 140 valence electrons. The highest BCUT2D eigenvalue weighted by atomic mass is 16.2. The van der Waals surface area contributed by atoms with E-state index < -0.39 is 0 Å². The summed E-state index contributed by atoms with van der Waals surface area (Å²) in [4.78, 5) is 27.6. The molecule has 0 radical (unpaired) electrons. The lowest BCUT2D eigenvalue weighted by atomic mass is 10.1. The van der Waals surface area contributed by atoms with E-state index >= 15 is 0 Å². The average molecular weight is 363 g/mol. The second kappa shape index (κ2) is 8.54. The topological polar surface area (TPSA) is 52.7 Å². The smallest absolute Gasteiger partial charge is 0.244 e. The second-order valence-corrected chi connectivity index (χ2v) is 6.85. The second-order valence-electron chi connectivity index (χ2n) is 6.85. The summed E-state index contributed by atoms with van der Waals surface area (Å²) in [6.07, 6.45) is 4.85. The summed E-state index contributed by atoms with van der Waals surface area (Å²) in [5, 5.41) is 2.89. The first-order valence-corrected chi connectivity index (χ1v) is 9.15. The van der Waals surface area contributed by atoms with Crippen molar-refractivity contribution in [1.82, 2.24) is 5.32 Å². The summed E-state index contributed by atoms with van der Waals surface area (Å²) >= 11 is 0. The summed E-state index contributed by atoms with van der Waals surface area (Å²) in [5.74, 6) is 0.0433. The number of rotatable bonds is 6. The third-order valence-electron chi connectivity index (χ3n) is 4.62. The van der Waals surface area contributed by atoms with Gasteiger partial charge in [0.25, 0.3) is 0 Å². The van der Waals surface area contributed by atoms with Crippen molar-refractivity contribution in [2.75, 3.05) is 30.4 Å². The lowest BCUT2D eigenvalue weighted by molar-refractivity contribution is -0.117. The van der Waals surface area contributed by atoms with E-state index in [0.29, 0.717) is 13.0 Å². The van der Waals surface area contributed by atoms with Gasteiger partial charge in [-0.15, -0.1) is 0 Å². The molecule has 0 saturated carbocycles. The van der Waals surface area contributed by atoms with Crippen LogP contribution in [0, 0.1) is 0 Å². The SMILES string of the molecule is CN(C)c1ccc(CNC(=O)/C=C/c2ccc(N3CCCC3=O)cc2)cc1. The number of carbonyl (C=O) groups is 2. The highest BCUT2D eigenvalue weighted by Gasteiger charge is 2.21. The van der Waals surface area contributed by atoms with Gasteiger partial charge in [0.05, 0.1) is 0 Å². The number of hydrogen-bond donors (Lipinski definition) is 1. The fourth-order valence-electron chi connectivity index (χ4n) is 3.02. The standard InChI is InChI=1S/C22H25N3O2/c1-24(2)19-10-7-18(8-11-19)16-23-21(26)14-9-17-5-12-20(13-6-17)25-15-3-4-22(25)27/h5-14H,3-4,15-16H2,1-2H3,(H,23,26)/b14-9+. The zero-order chi connectivity index (χ0) is 19.2. The minimum atomic E-state index is -0.134. The van der Waals surface area contributed by atoms with Crippen LogP contribution in [0.1, 0.15) is 24.0 Å². The number of nitrogens with one attached hydrogen (secondary N) is 1. The number of hydrogen-bond acceptors (Lipinski definition) is 3. The summed E-state index contributed by atoms with van der Waals surface area (Å²) in [6, 6.07) is 15.8. The van der Waals surface area contributed by atoms with Crippen molar-refractivity contribution in [1.29, 1.82) is 0 Å². The van der Waals surface area contributed by atoms with Gasteiger partial charge in [0.1, 0.15) is 0 Å². The summed E-state index contributed by atoms with van der Waals surface area (Å²) in [6.45, 7) is 1.28. The first kappa shape index (κ1) is 18.7. The Bertz CT molecular complexity index is 824. The quantitative estimate of drug-likeness (QED) is 0.802. The van der Waals surface area contributed by atoms with E-state index in [1.165, 1.54) is 6.08 Å². The number of amides is 2. The van der Waals surface area contributed by atoms with Gasteiger partial charge in [-0.2, -0.15) is 0 Å². The van der Waals surface area contributed by atoms with Crippen molar-refractivity contribution >= 4 is 29.3 Å². The predicted molar refractivity (Wildman–Crippen MR) is 110 cm³/mol. The molecule has 2 amide bonds. The number of anilines is 2. The summed E-state index contributed by atoms with van der Waals surface area (Å²) in [5.41, 5.74) is 4.03. The van der Waals surface area contributed by atoms with Gasteiger partial charge in [-0.25, -0.2) is 0 Å². The molecule has 0 aliphatic carbocycles. The van der Waals surface area contributed by atoms with E-state index in [1.54, 1.807) is 6.08 Å². The molecule has 0 aromatic heterocycles. The minimum absolute atomic E-state index is 0.134. The molecule has 5 nitrogen and oxygen atoms in total. The highest BCUT2D eigenvalue weighted by molar-refractivity contribution is 5.95. The van der Waals surface area contributed by atoms with Crippen LogP contribution in [0.3, 0.4) is 0 Å². The molecule has 2 aromatic rings. The molecule has 2 aromatic carbocycles. The van der Waals surface area contributed by atoms with E-state index in [4.69, 9.17) is 0 Å².